The van der Waals surface area contributed by atoms with Gasteiger partial charge in [-0.15, -0.1) is 0 Å². The van der Waals surface area contributed by atoms with Crippen LogP contribution in [0.1, 0.15) is 11.7 Å². The van der Waals surface area contributed by atoms with E-state index in [4.69, 9.17) is 11.6 Å². The van der Waals surface area contributed by atoms with Gasteiger partial charge in [-0.25, -0.2) is 13.8 Å². The molecular weight excluding hydrogens is 236 g/mol. The van der Waals surface area contributed by atoms with E-state index in [0.29, 0.717) is 10.9 Å². The number of fused-ring (bicyclic) bond motifs is 1. The van der Waals surface area contributed by atoms with Gasteiger partial charge in [0.15, 0.2) is 0 Å². The average molecular weight is 244 g/mol. The Morgan fingerprint density at radius 2 is 1.94 bits per heavy atom. The minimum Gasteiger partial charge on any atom is -0.382 e. The lowest BCUT2D eigenvalue weighted by Gasteiger charge is -2.11. The molecule has 1 aromatic carbocycles. The van der Waals surface area contributed by atoms with Gasteiger partial charge < -0.3 is 5.11 Å². The molecule has 84 valence electrons. The molecule has 1 aromatic heterocycles. The lowest BCUT2D eigenvalue weighted by Crippen LogP contribution is -2.09. The molecule has 0 saturated carbocycles. The molecule has 1 atom stereocenters. The van der Waals surface area contributed by atoms with E-state index >= 15 is 0 Å². The van der Waals surface area contributed by atoms with Crippen molar-refractivity contribution in [1.82, 2.24) is 4.98 Å². The van der Waals surface area contributed by atoms with Gasteiger partial charge in [-0.1, -0.05) is 29.8 Å². The summed E-state index contributed by atoms with van der Waals surface area (Å²) < 4.78 is 24.7. The molecule has 0 spiro atoms. The monoisotopic (exact) mass is 243 g/mol. The van der Waals surface area contributed by atoms with Crippen LogP contribution in [0.2, 0.25) is 5.15 Å². The Morgan fingerprint density at radius 3 is 2.62 bits per heavy atom. The van der Waals surface area contributed by atoms with E-state index in [2.05, 4.69) is 4.98 Å². The van der Waals surface area contributed by atoms with Crippen molar-refractivity contribution in [2.45, 2.75) is 12.5 Å². The molecular formula is C11H8ClF2NO. The number of rotatable bonds is 2. The predicted molar refractivity (Wildman–Crippen MR) is 57.7 cm³/mol. The maximum absolute atomic E-state index is 12.4. The normalized spacial score (nSPS) is 13.3. The number of hydrogen-bond donors (Lipinski definition) is 1. The Labute approximate surface area is 95.5 Å². The first-order valence-electron chi connectivity index (χ1n) is 4.61. The molecule has 2 nitrogen and oxygen atoms in total. The number of alkyl halides is 2. The number of aromatic nitrogens is 1. The van der Waals surface area contributed by atoms with Crippen molar-refractivity contribution in [3.05, 3.63) is 41.0 Å². The van der Waals surface area contributed by atoms with Gasteiger partial charge in [0.25, 0.3) is 6.43 Å². The van der Waals surface area contributed by atoms with Gasteiger partial charge in [-0.3, -0.25) is 0 Å². The van der Waals surface area contributed by atoms with Crippen molar-refractivity contribution >= 4 is 22.5 Å². The zero-order valence-corrected chi connectivity index (χ0v) is 8.83. The lowest BCUT2D eigenvalue weighted by molar-refractivity contribution is -0.00581. The summed E-state index contributed by atoms with van der Waals surface area (Å²) in [7, 11) is 0. The van der Waals surface area contributed by atoms with E-state index in [0.717, 1.165) is 0 Å². The van der Waals surface area contributed by atoms with E-state index in [1.54, 1.807) is 24.3 Å². The molecule has 0 aliphatic carbocycles. The zero-order chi connectivity index (χ0) is 11.7. The number of halogens is 3. The molecule has 0 amide bonds. The second-order valence-corrected chi connectivity index (χ2v) is 3.70. The smallest absolute Gasteiger partial charge is 0.268 e. The lowest BCUT2D eigenvalue weighted by atomic mass is 10.1. The van der Waals surface area contributed by atoms with Crippen LogP contribution < -0.4 is 0 Å². The van der Waals surface area contributed by atoms with Crippen LogP contribution >= 0.6 is 11.6 Å². The average Bonchev–Trinajstić information content (AvgIpc) is 2.27. The van der Waals surface area contributed by atoms with Crippen LogP contribution in [0.5, 0.6) is 0 Å². The summed E-state index contributed by atoms with van der Waals surface area (Å²) in [5.74, 6) is 0. The highest BCUT2D eigenvalue weighted by molar-refractivity contribution is 6.30. The number of para-hydroxylation sites is 1. The van der Waals surface area contributed by atoms with Gasteiger partial charge in [0.1, 0.15) is 11.3 Å². The molecule has 1 heterocycles. The first-order valence-corrected chi connectivity index (χ1v) is 4.99. The van der Waals surface area contributed by atoms with Crippen LogP contribution in [-0.4, -0.2) is 16.5 Å². The Balaban J connectivity index is 2.58. The van der Waals surface area contributed by atoms with Crippen LogP contribution in [0.15, 0.2) is 30.3 Å². The zero-order valence-electron chi connectivity index (χ0n) is 8.07. The number of aliphatic hydroxyl groups excluding tert-OH is 1. The van der Waals surface area contributed by atoms with Gasteiger partial charge in [0, 0.05) is 10.9 Å². The Bertz CT molecular complexity index is 518. The summed E-state index contributed by atoms with van der Waals surface area (Å²) in [4.78, 5) is 3.95. The highest BCUT2D eigenvalue weighted by atomic mass is 35.5. The molecule has 2 aromatic rings. The fraction of sp³-hybridized carbons (Fsp3) is 0.182. The van der Waals surface area contributed by atoms with Crippen LogP contribution in [0.4, 0.5) is 8.78 Å². The van der Waals surface area contributed by atoms with Crippen molar-refractivity contribution < 1.29 is 13.9 Å². The van der Waals surface area contributed by atoms with Crippen LogP contribution in [0.25, 0.3) is 10.9 Å². The van der Waals surface area contributed by atoms with Crippen LogP contribution in [0, 0.1) is 0 Å². The minimum atomic E-state index is -2.87. The van der Waals surface area contributed by atoms with Crippen LogP contribution in [-0.2, 0) is 0 Å². The quantitative estimate of drug-likeness (QED) is 0.822. The standard InChI is InChI=1S/C11H8ClF2NO/c12-10-7(9(16)11(13)14)5-6-3-1-2-4-8(6)15-10/h1-5,9,11,16H. The molecule has 1 N–H and O–H groups in total. The van der Waals surface area contributed by atoms with Crippen molar-refractivity contribution in [3.8, 4) is 0 Å². The first-order chi connectivity index (χ1) is 7.59. The SMILES string of the molecule is OC(c1cc2ccccc2nc1Cl)C(F)F. The highest BCUT2D eigenvalue weighted by Gasteiger charge is 2.22. The van der Waals surface area contributed by atoms with Gasteiger partial charge in [-0.2, -0.15) is 0 Å². The molecule has 0 aliphatic rings. The molecule has 16 heavy (non-hydrogen) atoms. The number of pyridine rings is 1. The summed E-state index contributed by atoms with van der Waals surface area (Å²) in [5.41, 5.74) is 0.563. The van der Waals surface area contributed by atoms with Gasteiger partial charge in [-0.05, 0) is 12.1 Å². The fourth-order valence-corrected chi connectivity index (χ4v) is 1.71. The van der Waals surface area contributed by atoms with E-state index < -0.39 is 12.5 Å². The minimum absolute atomic E-state index is 0.0460. The number of benzene rings is 1. The molecule has 0 radical (unpaired) electrons. The topological polar surface area (TPSA) is 33.1 Å². The number of nitrogens with zero attached hydrogens (tertiary/aromatic N) is 1. The molecule has 5 heteroatoms. The molecule has 0 saturated heterocycles. The van der Waals surface area contributed by atoms with Crippen molar-refractivity contribution in [2.75, 3.05) is 0 Å². The van der Waals surface area contributed by atoms with Crippen LogP contribution in [0.3, 0.4) is 0 Å². The van der Waals surface area contributed by atoms with Gasteiger partial charge in [0.2, 0.25) is 0 Å². The van der Waals surface area contributed by atoms with Gasteiger partial charge in [0.05, 0.1) is 5.52 Å². The highest BCUT2D eigenvalue weighted by Crippen LogP contribution is 2.28. The third-order valence-corrected chi connectivity index (χ3v) is 2.56. The van der Waals surface area contributed by atoms with Crippen molar-refractivity contribution in [1.29, 1.82) is 0 Å². The van der Waals surface area contributed by atoms with E-state index in [1.807, 2.05) is 0 Å². The molecule has 0 bridgehead atoms. The maximum atomic E-state index is 12.4. The molecule has 0 fully saturated rings. The van der Waals surface area contributed by atoms with E-state index in [9.17, 15) is 13.9 Å². The van der Waals surface area contributed by atoms with Crippen molar-refractivity contribution in [3.63, 3.8) is 0 Å². The van der Waals surface area contributed by atoms with Crippen molar-refractivity contribution in [2.24, 2.45) is 0 Å². The van der Waals surface area contributed by atoms with Gasteiger partial charge >= 0.3 is 0 Å². The largest absolute Gasteiger partial charge is 0.382 e. The first kappa shape index (κ1) is 11.2. The summed E-state index contributed by atoms with van der Waals surface area (Å²) in [6.45, 7) is 0. The predicted octanol–water partition coefficient (Wildman–Crippen LogP) is 3.19. The summed E-state index contributed by atoms with van der Waals surface area (Å²) in [6.07, 6.45) is -4.77. The maximum Gasteiger partial charge on any atom is 0.268 e. The Hall–Kier alpha value is -1.26. The molecule has 0 aliphatic heterocycles. The van der Waals surface area contributed by atoms with E-state index in [1.165, 1.54) is 6.07 Å². The van der Waals surface area contributed by atoms with E-state index in [-0.39, 0.29) is 10.7 Å². The fourth-order valence-electron chi connectivity index (χ4n) is 1.45. The Kier molecular flexibility index (Phi) is 3.03. The summed E-state index contributed by atoms with van der Waals surface area (Å²) in [5, 5.41) is 9.84. The number of aliphatic hydroxyl groups is 1. The third kappa shape index (κ3) is 1.99. The molecule has 2 rings (SSSR count). The molecule has 1 unspecified atom stereocenters. The summed E-state index contributed by atoms with van der Waals surface area (Å²) in [6, 6.07) is 8.41. The summed E-state index contributed by atoms with van der Waals surface area (Å²) >= 11 is 5.74. The second-order valence-electron chi connectivity index (χ2n) is 3.34. The Morgan fingerprint density at radius 1 is 1.25 bits per heavy atom. The third-order valence-electron chi connectivity index (χ3n) is 2.26. The second kappa shape index (κ2) is 4.31. The number of hydrogen-bond acceptors (Lipinski definition) is 2.